The molecule has 2 aromatic rings. The summed E-state index contributed by atoms with van der Waals surface area (Å²) in [5.74, 6) is -1.39. The van der Waals surface area contributed by atoms with Crippen LogP contribution in [0.3, 0.4) is 0 Å². The summed E-state index contributed by atoms with van der Waals surface area (Å²) in [6.45, 7) is 1.72. The Morgan fingerprint density at radius 2 is 2.00 bits per heavy atom. The molecule has 1 aliphatic rings. The van der Waals surface area contributed by atoms with Crippen molar-refractivity contribution in [1.82, 2.24) is 4.98 Å². The molecule has 0 fully saturated rings. The van der Waals surface area contributed by atoms with E-state index in [1.165, 1.54) is 0 Å². The number of benzene rings is 1. The standard InChI is InChI=1S/C16H13ClF2N2O2/c1-2-10-5-3-7-12-14(10)23-16(18,19)15(22)21(12)9-11-6-4-8-13(17)20-11/h3-8H,2,9H2,1H3. The lowest BCUT2D eigenvalue weighted by atomic mass is 10.1. The van der Waals surface area contributed by atoms with E-state index in [0.29, 0.717) is 23.4 Å². The number of fused-ring (bicyclic) bond motifs is 1. The topological polar surface area (TPSA) is 42.4 Å². The number of carbonyl (C=O) groups excluding carboxylic acids is 1. The van der Waals surface area contributed by atoms with Crippen LogP contribution < -0.4 is 9.64 Å². The fourth-order valence-corrected chi connectivity index (χ4v) is 2.66. The fraction of sp³-hybridized carbons (Fsp3) is 0.250. The summed E-state index contributed by atoms with van der Waals surface area (Å²) in [5, 5.41) is 0.234. The molecule has 0 N–H and O–H groups in total. The van der Waals surface area contributed by atoms with Crippen LogP contribution in [0.5, 0.6) is 5.75 Å². The summed E-state index contributed by atoms with van der Waals surface area (Å²) in [4.78, 5) is 17.1. The maximum atomic E-state index is 14.0. The van der Waals surface area contributed by atoms with Gasteiger partial charge in [0.2, 0.25) is 0 Å². The number of ether oxygens (including phenoxy) is 1. The van der Waals surface area contributed by atoms with Crippen molar-refractivity contribution in [2.45, 2.75) is 26.0 Å². The van der Waals surface area contributed by atoms with E-state index in [9.17, 15) is 13.6 Å². The van der Waals surface area contributed by atoms with Gasteiger partial charge in [-0.1, -0.05) is 36.7 Å². The van der Waals surface area contributed by atoms with E-state index in [-0.39, 0.29) is 17.4 Å². The largest absolute Gasteiger partial charge is 0.483 e. The summed E-state index contributed by atoms with van der Waals surface area (Å²) in [7, 11) is 0. The van der Waals surface area contributed by atoms with Gasteiger partial charge in [-0.05, 0) is 30.2 Å². The van der Waals surface area contributed by atoms with E-state index in [4.69, 9.17) is 11.6 Å². The number of hydrogen-bond donors (Lipinski definition) is 0. The van der Waals surface area contributed by atoms with Crippen molar-refractivity contribution in [1.29, 1.82) is 0 Å². The van der Waals surface area contributed by atoms with Crippen molar-refractivity contribution in [3.63, 3.8) is 0 Å². The van der Waals surface area contributed by atoms with Crippen molar-refractivity contribution in [3.05, 3.63) is 52.8 Å². The predicted molar refractivity (Wildman–Crippen MR) is 81.8 cm³/mol. The molecule has 0 saturated carbocycles. The first kappa shape index (κ1) is 15.7. The Labute approximate surface area is 136 Å². The number of anilines is 1. The number of aryl methyl sites for hydroxylation is 1. The number of aromatic nitrogens is 1. The maximum Gasteiger partial charge on any atom is 0.483 e. The molecule has 1 aromatic heterocycles. The molecule has 4 nitrogen and oxygen atoms in total. The van der Waals surface area contributed by atoms with Crippen LogP contribution in [0, 0.1) is 0 Å². The van der Waals surface area contributed by atoms with Crippen LogP contribution in [0.4, 0.5) is 14.5 Å². The molecule has 1 amide bonds. The summed E-state index contributed by atoms with van der Waals surface area (Å²) in [5.41, 5.74) is 1.33. The zero-order valence-electron chi connectivity index (χ0n) is 12.2. The molecule has 0 aliphatic carbocycles. The highest BCUT2D eigenvalue weighted by atomic mass is 35.5. The molecule has 0 saturated heterocycles. The normalized spacial score (nSPS) is 16.0. The Hall–Kier alpha value is -2.21. The Morgan fingerprint density at radius 3 is 2.70 bits per heavy atom. The highest BCUT2D eigenvalue weighted by Crippen LogP contribution is 2.42. The summed E-state index contributed by atoms with van der Waals surface area (Å²) < 4.78 is 32.6. The van der Waals surface area contributed by atoms with Crippen LogP contribution in [0.25, 0.3) is 0 Å². The highest BCUT2D eigenvalue weighted by molar-refractivity contribution is 6.29. The van der Waals surface area contributed by atoms with Gasteiger partial charge in [-0.25, -0.2) is 4.98 Å². The van der Waals surface area contributed by atoms with E-state index >= 15 is 0 Å². The van der Waals surface area contributed by atoms with E-state index in [0.717, 1.165) is 4.90 Å². The molecule has 0 bridgehead atoms. The fourth-order valence-electron chi connectivity index (χ4n) is 2.48. The second-order valence-corrected chi connectivity index (χ2v) is 5.47. The van der Waals surface area contributed by atoms with Gasteiger partial charge in [0.05, 0.1) is 17.9 Å². The van der Waals surface area contributed by atoms with Crippen LogP contribution in [-0.4, -0.2) is 17.0 Å². The Kier molecular flexibility index (Phi) is 3.93. The molecule has 1 aliphatic heterocycles. The van der Waals surface area contributed by atoms with Gasteiger partial charge < -0.3 is 4.74 Å². The first-order valence-electron chi connectivity index (χ1n) is 7.04. The first-order chi connectivity index (χ1) is 10.9. The van der Waals surface area contributed by atoms with Crippen LogP contribution in [0.15, 0.2) is 36.4 Å². The van der Waals surface area contributed by atoms with Crippen molar-refractivity contribution < 1.29 is 18.3 Å². The molecule has 0 atom stereocenters. The molecule has 7 heteroatoms. The molecular weight excluding hydrogens is 326 g/mol. The van der Waals surface area contributed by atoms with E-state index in [2.05, 4.69) is 9.72 Å². The maximum absolute atomic E-state index is 14.0. The lowest BCUT2D eigenvalue weighted by molar-refractivity contribution is -0.193. The van der Waals surface area contributed by atoms with Gasteiger partial charge in [0.15, 0.2) is 5.75 Å². The summed E-state index contributed by atoms with van der Waals surface area (Å²) >= 11 is 5.82. The molecule has 120 valence electrons. The number of halogens is 3. The third-order valence-corrected chi connectivity index (χ3v) is 3.78. The lowest BCUT2D eigenvalue weighted by Crippen LogP contribution is -2.50. The molecule has 0 spiro atoms. The smallest absolute Gasteiger partial charge is 0.423 e. The van der Waals surface area contributed by atoms with Crippen LogP contribution in [0.2, 0.25) is 5.15 Å². The Balaban J connectivity index is 2.07. The SMILES string of the molecule is CCc1cccc2c1OC(F)(F)C(=O)N2Cc1cccc(Cl)n1. The van der Waals surface area contributed by atoms with E-state index in [1.807, 2.05) is 6.92 Å². The number of para-hydroxylation sites is 1. The van der Waals surface area contributed by atoms with Crippen LogP contribution in [0.1, 0.15) is 18.2 Å². The van der Waals surface area contributed by atoms with Gasteiger partial charge in [-0.3, -0.25) is 9.69 Å². The van der Waals surface area contributed by atoms with E-state index < -0.39 is 12.0 Å². The van der Waals surface area contributed by atoms with Gasteiger partial charge in [-0.15, -0.1) is 0 Å². The Bertz CT molecular complexity index is 767. The Morgan fingerprint density at radius 1 is 1.26 bits per heavy atom. The number of hydrogen-bond acceptors (Lipinski definition) is 3. The van der Waals surface area contributed by atoms with Gasteiger partial charge in [-0.2, -0.15) is 8.78 Å². The number of pyridine rings is 1. The monoisotopic (exact) mass is 338 g/mol. The number of rotatable bonds is 3. The minimum atomic E-state index is -3.91. The molecule has 2 heterocycles. The average molecular weight is 339 g/mol. The number of nitrogens with zero attached hydrogens (tertiary/aromatic N) is 2. The number of amides is 1. The molecule has 0 unspecified atom stereocenters. The zero-order chi connectivity index (χ0) is 16.6. The molecule has 23 heavy (non-hydrogen) atoms. The summed E-state index contributed by atoms with van der Waals surface area (Å²) in [6, 6.07) is 9.82. The summed E-state index contributed by atoms with van der Waals surface area (Å²) in [6.07, 6.45) is -3.40. The molecule has 1 aromatic carbocycles. The zero-order valence-corrected chi connectivity index (χ0v) is 13.0. The van der Waals surface area contributed by atoms with Crippen molar-refractivity contribution >= 4 is 23.2 Å². The minimum absolute atomic E-state index is 0.0293. The van der Waals surface area contributed by atoms with Crippen LogP contribution >= 0.6 is 11.6 Å². The van der Waals surface area contributed by atoms with Gasteiger partial charge >= 0.3 is 12.0 Å². The van der Waals surface area contributed by atoms with Crippen molar-refractivity contribution in [2.24, 2.45) is 0 Å². The van der Waals surface area contributed by atoms with Gasteiger partial charge in [0.25, 0.3) is 0 Å². The van der Waals surface area contributed by atoms with Crippen LogP contribution in [-0.2, 0) is 17.8 Å². The van der Waals surface area contributed by atoms with Gasteiger partial charge in [0, 0.05) is 0 Å². The lowest BCUT2D eigenvalue weighted by Gasteiger charge is -2.34. The quantitative estimate of drug-likeness (QED) is 0.799. The van der Waals surface area contributed by atoms with Crippen molar-refractivity contribution in [3.8, 4) is 5.75 Å². The van der Waals surface area contributed by atoms with E-state index in [1.54, 1.807) is 36.4 Å². The first-order valence-corrected chi connectivity index (χ1v) is 7.42. The predicted octanol–water partition coefficient (Wildman–Crippen LogP) is 3.82. The second kappa shape index (κ2) is 5.77. The minimum Gasteiger partial charge on any atom is -0.423 e. The van der Waals surface area contributed by atoms with Crippen molar-refractivity contribution in [2.75, 3.05) is 4.90 Å². The van der Waals surface area contributed by atoms with Gasteiger partial charge in [0.1, 0.15) is 5.15 Å². The number of carbonyl (C=O) groups is 1. The molecule has 3 rings (SSSR count). The second-order valence-electron chi connectivity index (χ2n) is 5.08. The number of alkyl halides is 2. The third kappa shape index (κ3) is 2.86. The molecule has 0 radical (unpaired) electrons. The average Bonchev–Trinajstić information content (AvgIpc) is 2.51. The highest BCUT2D eigenvalue weighted by Gasteiger charge is 2.51. The molecular formula is C16H13ClF2N2O2. The third-order valence-electron chi connectivity index (χ3n) is 3.56.